The van der Waals surface area contributed by atoms with Crippen LogP contribution in [0.5, 0.6) is 0 Å². The SMILES string of the molecule is CCC(C)NC(=O)C(C)N(Cc1ccccc1)C(=O)CSCc1c(F)cccc1Cl. The van der Waals surface area contributed by atoms with Crippen molar-refractivity contribution in [1.29, 1.82) is 0 Å². The lowest BCUT2D eigenvalue weighted by atomic mass is 10.1. The van der Waals surface area contributed by atoms with E-state index in [1.54, 1.807) is 24.0 Å². The molecule has 0 heterocycles. The molecule has 2 amide bonds. The Bertz CT molecular complexity index is 830. The number of nitrogens with one attached hydrogen (secondary N) is 1. The largest absolute Gasteiger partial charge is 0.352 e. The Hall–Kier alpha value is -2.05. The van der Waals surface area contributed by atoms with Gasteiger partial charge in [0.15, 0.2) is 0 Å². The minimum absolute atomic E-state index is 0.0335. The van der Waals surface area contributed by atoms with E-state index in [1.807, 2.05) is 44.2 Å². The smallest absolute Gasteiger partial charge is 0.242 e. The molecular formula is C23H28ClFN2O2S. The van der Waals surface area contributed by atoms with Gasteiger partial charge in [-0.2, -0.15) is 0 Å². The van der Waals surface area contributed by atoms with Gasteiger partial charge in [0.05, 0.1) is 5.75 Å². The third-order valence-corrected chi connectivity index (χ3v) is 6.20. The highest BCUT2D eigenvalue weighted by Crippen LogP contribution is 2.24. The van der Waals surface area contributed by atoms with Gasteiger partial charge in [-0.1, -0.05) is 54.9 Å². The van der Waals surface area contributed by atoms with Crippen molar-refractivity contribution in [3.05, 3.63) is 70.5 Å². The number of hydrogen-bond donors (Lipinski definition) is 1. The summed E-state index contributed by atoms with van der Waals surface area (Å²) in [4.78, 5) is 27.2. The highest BCUT2D eigenvalue weighted by Gasteiger charge is 2.26. The zero-order chi connectivity index (χ0) is 22.1. The van der Waals surface area contributed by atoms with Gasteiger partial charge in [-0.05, 0) is 38.0 Å². The molecule has 162 valence electrons. The highest BCUT2D eigenvalue weighted by atomic mass is 35.5. The van der Waals surface area contributed by atoms with Gasteiger partial charge in [0.2, 0.25) is 11.8 Å². The first kappa shape index (κ1) is 24.2. The molecule has 2 aromatic rings. The Morgan fingerprint density at radius 1 is 1.13 bits per heavy atom. The third-order valence-electron chi connectivity index (χ3n) is 4.90. The molecule has 7 heteroatoms. The molecule has 2 aromatic carbocycles. The van der Waals surface area contributed by atoms with Crippen molar-refractivity contribution in [1.82, 2.24) is 10.2 Å². The Labute approximate surface area is 187 Å². The lowest BCUT2D eigenvalue weighted by Crippen LogP contribution is -2.50. The highest BCUT2D eigenvalue weighted by molar-refractivity contribution is 7.99. The lowest BCUT2D eigenvalue weighted by Gasteiger charge is -2.29. The summed E-state index contributed by atoms with van der Waals surface area (Å²) in [5.74, 6) is -0.341. The van der Waals surface area contributed by atoms with Gasteiger partial charge in [0.25, 0.3) is 0 Å². The fraction of sp³-hybridized carbons (Fsp3) is 0.391. The van der Waals surface area contributed by atoms with Crippen LogP contribution < -0.4 is 5.32 Å². The Kier molecular flexibility index (Phi) is 9.66. The third kappa shape index (κ3) is 7.03. The first-order chi connectivity index (χ1) is 14.3. The van der Waals surface area contributed by atoms with E-state index in [-0.39, 0.29) is 35.2 Å². The van der Waals surface area contributed by atoms with Crippen molar-refractivity contribution >= 4 is 35.2 Å². The maximum atomic E-state index is 14.0. The molecular weight excluding hydrogens is 423 g/mol. The van der Waals surface area contributed by atoms with Crippen LogP contribution in [0, 0.1) is 5.82 Å². The fourth-order valence-corrected chi connectivity index (χ4v) is 4.07. The molecule has 2 unspecified atom stereocenters. The van der Waals surface area contributed by atoms with E-state index in [0.717, 1.165) is 12.0 Å². The summed E-state index contributed by atoms with van der Waals surface area (Å²) in [7, 11) is 0. The maximum Gasteiger partial charge on any atom is 0.242 e. The molecule has 0 aliphatic heterocycles. The van der Waals surface area contributed by atoms with E-state index in [1.165, 1.54) is 17.8 Å². The van der Waals surface area contributed by atoms with E-state index >= 15 is 0 Å². The molecule has 0 fully saturated rings. The molecule has 0 bridgehead atoms. The van der Waals surface area contributed by atoms with Gasteiger partial charge < -0.3 is 10.2 Å². The first-order valence-corrected chi connectivity index (χ1v) is 11.5. The van der Waals surface area contributed by atoms with E-state index < -0.39 is 6.04 Å². The van der Waals surface area contributed by atoms with Crippen LogP contribution in [-0.4, -0.2) is 34.6 Å². The predicted molar refractivity (Wildman–Crippen MR) is 122 cm³/mol. The molecule has 1 N–H and O–H groups in total. The Morgan fingerprint density at radius 2 is 1.83 bits per heavy atom. The molecule has 0 radical (unpaired) electrons. The van der Waals surface area contributed by atoms with Gasteiger partial charge in [-0.3, -0.25) is 9.59 Å². The standard InChI is InChI=1S/C23H28ClFN2O2S/c1-4-16(2)26-23(29)17(3)27(13-18-9-6-5-7-10-18)22(28)15-30-14-19-20(24)11-8-12-21(19)25/h5-12,16-17H,4,13-15H2,1-3H3,(H,26,29). The number of carbonyl (C=O) groups excluding carboxylic acids is 2. The van der Waals surface area contributed by atoms with E-state index in [9.17, 15) is 14.0 Å². The van der Waals surface area contributed by atoms with Crippen LogP contribution in [0.1, 0.15) is 38.3 Å². The summed E-state index contributed by atoms with van der Waals surface area (Å²) in [5, 5.41) is 3.29. The van der Waals surface area contributed by atoms with Crippen molar-refractivity contribution in [2.75, 3.05) is 5.75 Å². The average Bonchev–Trinajstić information content (AvgIpc) is 2.74. The lowest BCUT2D eigenvalue weighted by molar-refractivity contribution is -0.138. The average molecular weight is 451 g/mol. The maximum absolute atomic E-state index is 14.0. The molecule has 0 saturated heterocycles. The molecule has 0 aliphatic carbocycles. The van der Waals surface area contributed by atoms with Gasteiger partial charge >= 0.3 is 0 Å². The number of thioether (sulfide) groups is 1. The van der Waals surface area contributed by atoms with Gasteiger partial charge in [-0.15, -0.1) is 11.8 Å². The summed E-state index contributed by atoms with van der Waals surface area (Å²) in [6.45, 7) is 5.99. The molecule has 30 heavy (non-hydrogen) atoms. The second-order valence-electron chi connectivity index (χ2n) is 7.19. The number of halogens is 2. The number of hydrogen-bond acceptors (Lipinski definition) is 3. The molecule has 4 nitrogen and oxygen atoms in total. The topological polar surface area (TPSA) is 49.4 Å². The number of benzene rings is 2. The van der Waals surface area contributed by atoms with Crippen LogP contribution in [0.4, 0.5) is 4.39 Å². The summed E-state index contributed by atoms with van der Waals surface area (Å²) in [5.41, 5.74) is 1.32. The predicted octanol–water partition coefficient (Wildman–Crippen LogP) is 5.04. The Balaban J connectivity index is 2.08. The van der Waals surface area contributed by atoms with Crippen molar-refractivity contribution in [3.63, 3.8) is 0 Å². The van der Waals surface area contributed by atoms with Crippen LogP contribution in [-0.2, 0) is 21.9 Å². The zero-order valence-electron chi connectivity index (χ0n) is 17.5. The second kappa shape index (κ2) is 12.0. The van der Waals surface area contributed by atoms with E-state index in [0.29, 0.717) is 17.1 Å². The molecule has 0 spiro atoms. The van der Waals surface area contributed by atoms with Crippen molar-refractivity contribution in [3.8, 4) is 0 Å². The first-order valence-electron chi connectivity index (χ1n) is 9.97. The van der Waals surface area contributed by atoms with Crippen LogP contribution in [0.3, 0.4) is 0 Å². The molecule has 0 saturated carbocycles. The minimum atomic E-state index is -0.621. The fourth-order valence-electron chi connectivity index (χ4n) is 2.82. The van der Waals surface area contributed by atoms with Crippen LogP contribution >= 0.6 is 23.4 Å². The van der Waals surface area contributed by atoms with Crippen molar-refractivity contribution < 1.29 is 14.0 Å². The van der Waals surface area contributed by atoms with Gasteiger partial charge in [0, 0.05) is 28.9 Å². The summed E-state index contributed by atoms with van der Waals surface area (Å²) in [6.07, 6.45) is 0.810. The van der Waals surface area contributed by atoms with Crippen molar-refractivity contribution in [2.24, 2.45) is 0 Å². The summed E-state index contributed by atoms with van der Waals surface area (Å²) < 4.78 is 14.0. The van der Waals surface area contributed by atoms with Crippen LogP contribution in [0.25, 0.3) is 0 Å². The molecule has 0 aliphatic rings. The zero-order valence-corrected chi connectivity index (χ0v) is 19.1. The van der Waals surface area contributed by atoms with E-state index in [4.69, 9.17) is 11.6 Å². The van der Waals surface area contributed by atoms with Gasteiger partial charge in [-0.25, -0.2) is 4.39 Å². The quantitative estimate of drug-likeness (QED) is 0.551. The number of carbonyl (C=O) groups is 2. The summed E-state index contributed by atoms with van der Waals surface area (Å²) in [6, 6.07) is 13.5. The molecule has 2 rings (SSSR count). The summed E-state index contributed by atoms with van der Waals surface area (Å²) >= 11 is 7.35. The van der Waals surface area contributed by atoms with Gasteiger partial charge in [0.1, 0.15) is 11.9 Å². The number of nitrogens with zero attached hydrogens (tertiary/aromatic N) is 1. The minimum Gasteiger partial charge on any atom is -0.352 e. The van der Waals surface area contributed by atoms with Crippen molar-refractivity contribution in [2.45, 2.75) is 51.6 Å². The van der Waals surface area contributed by atoms with Crippen LogP contribution in [0.2, 0.25) is 5.02 Å². The normalized spacial score (nSPS) is 12.8. The second-order valence-corrected chi connectivity index (χ2v) is 8.59. The Morgan fingerprint density at radius 3 is 2.47 bits per heavy atom. The monoisotopic (exact) mass is 450 g/mol. The number of amides is 2. The molecule has 2 atom stereocenters. The van der Waals surface area contributed by atoms with E-state index in [2.05, 4.69) is 5.32 Å². The van der Waals surface area contributed by atoms with Crippen LogP contribution in [0.15, 0.2) is 48.5 Å². The molecule has 0 aromatic heterocycles. The number of rotatable bonds is 10.